The largest absolute Gasteiger partial charge is 0.481 e. The SMILES string of the molecule is O=C(O)CN[C@@](O)(CC(=O)O)C(=O)O. The summed E-state index contributed by atoms with van der Waals surface area (Å²) in [6, 6.07) is 0. The van der Waals surface area contributed by atoms with Crippen molar-refractivity contribution < 1.29 is 34.8 Å². The molecule has 0 spiro atoms. The summed E-state index contributed by atoms with van der Waals surface area (Å²) in [6.07, 6.45) is -1.13. The van der Waals surface area contributed by atoms with Gasteiger partial charge in [-0.25, -0.2) is 4.79 Å². The average molecular weight is 207 g/mol. The van der Waals surface area contributed by atoms with Gasteiger partial charge in [-0.1, -0.05) is 0 Å². The highest BCUT2D eigenvalue weighted by Gasteiger charge is 2.38. The van der Waals surface area contributed by atoms with Crippen molar-refractivity contribution in [3.63, 3.8) is 0 Å². The smallest absolute Gasteiger partial charge is 0.351 e. The molecule has 0 rings (SSSR count). The van der Waals surface area contributed by atoms with Crippen molar-refractivity contribution in [1.29, 1.82) is 0 Å². The maximum Gasteiger partial charge on any atom is 0.351 e. The highest BCUT2D eigenvalue weighted by molar-refractivity contribution is 5.83. The Balaban J connectivity index is 4.47. The molecule has 8 nitrogen and oxygen atoms in total. The first kappa shape index (κ1) is 12.3. The lowest BCUT2D eigenvalue weighted by molar-refractivity contribution is -0.170. The molecule has 0 aliphatic carbocycles. The van der Waals surface area contributed by atoms with Gasteiger partial charge in [-0.2, -0.15) is 0 Å². The summed E-state index contributed by atoms with van der Waals surface area (Å²) in [4.78, 5) is 30.6. The lowest BCUT2D eigenvalue weighted by Crippen LogP contribution is -2.54. The molecule has 0 amide bonds. The number of rotatable bonds is 6. The Morgan fingerprint density at radius 2 is 1.57 bits per heavy atom. The number of aliphatic hydroxyl groups is 1. The van der Waals surface area contributed by atoms with Crippen molar-refractivity contribution in [3.05, 3.63) is 0 Å². The topological polar surface area (TPSA) is 144 Å². The number of aliphatic carboxylic acids is 3. The molecule has 0 aliphatic rings. The van der Waals surface area contributed by atoms with E-state index < -0.39 is 36.6 Å². The summed E-state index contributed by atoms with van der Waals surface area (Å²) in [6.45, 7) is -0.851. The third kappa shape index (κ3) is 3.83. The van der Waals surface area contributed by atoms with Crippen LogP contribution in [0.15, 0.2) is 0 Å². The van der Waals surface area contributed by atoms with Gasteiger partial charge in [0.1, 0.15) is 0 Å². The maximum absolute atomic E-state index is 10.4. The average Bonchev–Trinajstić information content (AvgIpc) is 1.99. The van der Waals surface area contributed by atoms with Gasteiger partial charge in [-0.3, -0.25) is 14.9 Å². The first-order valence-corrected chi connectivity index (χ1v) is 3.42. The number of carboxylic acids is 3. The zero-order valence-electron chi connectivity index (χ0n) is 6.93. The Labute approximate surface area is 77.8 Å². The van der Waals surface area contributed by atoms with Crippen LogP contribution >= 0.6 is 0 Å². The zero-order chi connectivity index (χ0) is 11.4. The fourth-order valence-electron chi connectivity index (χ4n) is 0.654. The van der Waals surface area contributed by atoms with Crippen LogP contribution in [0.1, 0.15) is 6.42 Å². The van der Waals surface area contributed by atoms with Gasteiger partial charge in [0.2, 0.25) is 5.72 Å². The van der Waals surface area contributed by atoms with E-state index in [1.807, 2.05) is 0 Å². The van der Waals surface area contributed by atoms with E-state index in [2.05, 4.69) is 0 Å². The quantitative estimate of drug-likeness (QED) is 0.312. The predicted octanol–water partition coefficient (Wildman–Crippen LogP) is -2.09. The summed E-state index contributed by atoms with van der Waals surface area (Å²) < 4.78 is 0. The highest BCUT2D eigenvalue weighted by Crippen LogP contribution is 2.06. The summed E-state index contributed by atoms with van der Waals surface area (Å²) in [5, 5.41) is 35.7. The van der Waals surface area contributed by atoms with Crippen molar-refractivity contribution >= 4 is 17.9 Å². The van der Waals surface area contributed by atoms with Crippen LogP contribution in [0.3, 0.4) is 0 Å². The second-order valence-corrected chi connectivity index (χ2v) is 2.48. The number of carbonyl (C=O) groups is 3. The zero-order valence-corrected chi connectivity index (χ0v) is 6.93. The van der Waals surface area contributed by atoms with Crippen LogP contribution in [0.5, 0.6) is 0 Å². The summed E-state index contributed by atoms with van der Waals surface area (Å²) >= 11 is 0. The van der Waals surface area contributed by atoms with Crippen LogP contribution in [0.25, 0.3) is 0 Å². The maximum atomic E-state index is 10.4. The van der Waals surface area contributed by atoms with Crippen LogP contribution in [0.2, 0.25) is 0 Å². The summed E-state index contributed by atoms with van der Waals surface area (Å²) in [7, 11) is 0. The van der Waals surface area contributed by atoms with Gasteiger partial charge in [0.15, 0.2) is 0 Å². The molecule has 8 heteroatoms. The number of hydrogen-bond donors (Lipinski definition) is 5. The molecule has 14 heavy (non-hydrogen) atoms. The summed E-state index contributed by atoms with van der Waals surface area (Å²) in [5.74, 6) is -4.82. The standard InChI is InChI=1S/C6H9NO7/c8-3(9)1-6(14,5(12)13)7-2-4(10)11/h7,14H,1-2H2,(H,8,9)(H,10,11)(H,12,13)/t6-/m1/s1. The molecule has 0 fully saturated rings. The molecule has 5 N–H and O–H groups in total. The van der Waals surface area contributed by atoms with Crippen LogP contribution < -0.4 is 5.32 Å². The second-order valence-electron chi connectivity index (χ2n) is 2.48. The Hall–Kier alpha value is -1.67. The molecule has 80 valence electrons. The van der Waals surface area contributed by atoms with Crippen LogP contribution in [0.4, 0.5) is 0 Å². The van der Waals surface area contributed by atoms with Crippen molar-refractivity contribution in [3.8, 4) is 0 Å². The van der Waals surface area contributed by atoms with Crippen molar-refractivity contribution in [1.82, 2.24) is 5.32 Å². The lowest BCUT2D eigenvalue weighted by atomic mass is 10.1. The van der Waals surface area contributed by atoms with Gasteiger partial charge < -0.3 is 20.4 Å². The molecule has 0 aliphatic heterocycles. The minimum atomic E-state index is -2.76. The molecule has 0 heterocycles. The fourth-order valence-corrected chi connectivity index (χ4v) is 0.654. The highest BCUT2D eigenvalue weighted by atomic mass is 16.4. The third-order valence-electron chi connectivity index (χ3n) is 1.29. The van der Waals surface area contributed by atoms with E-state index >= 15 is 0 Å². The molecule has 0 saturated carbocycles. The van der Waals surface area contributed by atoms with Gasteiger partial charge in [-0.05, 0) is 0 Å². The second kappa shape index (κ2) is 4.53. The van der Waals surface area contributed by atoms with Crippen LogP contribution in [-0.2, 0) is 14.4 Å². The van der Waals surface area contributed by atoms with E-state index in [9.17, 15) is 14.4 Å². The minimum absolute atomic E-state index is 0.851. The normalized spacial score (nSPS) is 14.4. The Morgan fingerprint density at radius 3 is 1.86 bits per heavy atom. The minimum Gasteiger partial charge on any atom is -0.481 e. The molecule has 1 atom stereocenters. The molecule has 0 bridgehead atoms. The van der Waals surface area contributed by atoms with E-state index in [1.54, 1.807) is 5.32 Å². The molecular weight excluding hydrogens is 198 g/mol. The first-order chi connectivity index (χ1) is 6.28. The Morgan fingerprint density at radius 1 is 1.07 bits per heavy atom. The van der Waals surface area contributed by atoms with Crippen molar-refractivity contribution in [2.75, 3.05) is 6.54 Å². The van der Waals surface area contributed by atoms with E-state index in [-0.39, 0.29) is 0 Å². The van der Waals surface area contributed by atoms with Gasteiger partial charge >= 0.3 is 17.9 Å². The van der Waals surface area contributed by atoms with E-state index in [0.717, 1.165) is 0 Å². The molecule has 0 unspecified atom stereocenters. The Kier molecular flexibility index (Phi) is 3.99. The lowest BCUT2D eigenvalue weighted by Gasteiger charge is -2.21. The van der Waals surface area contributed by atoms with Crippen LogP contribution in [0, 0.1) is 0 Å². The van der Waals surface area contributed by atoms with Crippen molar-refractivity contribution in [2.45, 2.75) is 12.1 Å². The molecule has 0 aromatic carbocycles. The Bertz CT molecular complexity index is 263. The van der Waals surface area contributed by atoms with Gasteiger partial charge in [-0.15, -0.1) is 0 Å². The number of hydrogen-bond acceptors (Lipinski definition) is 5. The van der Waals surface area contributed by atoms with Crippen molar-refractivity contribution in [2.24, 2.45) is 0 Å². The third-order valence-corrected chi connectivity index (χ3v) is 1.29. The van der Waals surface area contributed by atoms with Gasteiger partial charge in [0.25, 0.3) is 0 Å². The molecule has 0 aromatic heterocycles. The summed E-state index contributed by atoms with van der Waals surface area (Å²) in [5.41, 5.74) is -2.76. The predicted molar refractivity (Wildman–Crippen MR) is 40.5 cm³/mol. The molecule has 0 radical (unpaired) electrons. The van der Waals surface area contributed by atoms with Gasteiger partial charge in [0.05, 0.1) is 13.0 Å². The van der Waals surface area contributed by atoms with E-state index in [0.29, 0.717) is 0 Å². The molecular formula is C6H9NO7. The van der Waals surface area contributed by atoms with Crippen LogP contribution in [-0.4, -0.2) is 50.6 Å². The molecule has 0 aromatic rings. The first-order valence-electron chi connectivity index (χ1n) is 3.42. The number of nitrogens with one attached hydrogen (secondary N) is 1. The molecule has 0 saturated heterocycles. The van der Waals surface area contributed by atoms with E-state index in [1.165, 1.54) is 0 Å². The van der Waals surface area contributed by atoms with E-state index in [4.69, 9.17) is 20.4 Å². The fraction of sp³-hybridized carbons (Fsp3) is 0.500. The van der Waals surface area contributed by atoms with Gasteiger partial charge in [0, 0.05) is 0 Å². The number of carboxylic acid groups (broad SMARTS) is 3. The monoisotopic (exact) mass is 207 g/mol.